The van der Waals surface area contributed by atoms with Gasteiger partial charge in [0.1, 0.15) is 5.60 Å². The van der Waals surface area contributed by atoms with Crippen LogP contribution in [0.2, 0.25) is 0 Å². The Morgan fingerprint density at radius 3 is 2.95 bits per heavy atom. The van der Waals surface area contributed by atoms with Gasteiger partial charge in [0.05, 0.1) is 13.2 Å². The summed E-state index contributed by atoms with van der Waals surface area (Å²) < 4.78 is 11.1. The number of hydrogen-bond donors (Lipinski definition) is 1. The molecular formula is C14H26N2O3. The normalized spacial score (nSPS) is 29.1. The largest absolute Gasteiger partial charge is 0.444 e. The molecule has 1 atom stereocenters. The van der Waals surface area contributed by atoms with E-state index < -0.39 is 5.60 Å². The SMILES string of the molecule is CC(C)(C)OC(=O)N1CCCC2(CNCCOC2)C1. The molecule has 2 saturated heterocycles. The Morgan fingerprint density at radius 2 is 2.21 bits per heavy atom. The van der Waals surface area contributed by atoms with Crippen LogP contribution < -0.4 is 5.32 Å². The third-order valence-electron chi connectivity index (χ3n) is 3.64. The van der Waals surface area contributed by atoms with Crippen LogP contribution in [0.5, 0.6) is 0 Å². The molecule has 2 fully saturated rings. The number of carbonyl (C=O) groups excluding carboxylic acids is 1. The molecule has 5 heteroatoms. The third kappa shape index (κ3) is 4.08. The first-order valence-corrected chi connectivity index (χ1v) is 7.17. The molecule has 1 unspecified atom stereocenters. The molecule has 19 heavy (non-hydrogen) atoms. The Bertz CT molecular complexity index is 317. The van der Waals surface area contributed by atoms with Gasteiger partial charge in [-0.2, -0.15) is 0 Å². The molecule has 0 aromatic heterocycles. The summed E-state index contributed by atoms with van der Waals surface area (Å²) >= 11 is 0. The summed E-state index contributed by atoms with van der Waals surface area (Å²) in [6, 6.07) is 0. The van der Waals surface area contributed by atoms with Gasteiger partial charge in [-0.25, -0.2) is 4.79 Å². The van der Waals surface area contributed by atoms with Gasteiger partial charge in [-0.05, 0) is 33.6 Å². The molecule has 5 nitrogen and oxygen atoms in total. The molecule has 1 N–H and O–H groups in total. The highest BCUT2D eigenvalue weighted by atomic mass is 16.6. The van der Waals surface area contributed by atoms with Gasteiger partial charge in [0.25, 0.3) is 0 Å². The van der Waals surface area contributed by atoms with Crippen LogP contribution in [-0.4, -0.2) is 56.0 Å². The summed E-state index contributed by atoms with van der Waals surface area (Å²) in [6.07, 6.45) is 1.93. The van der Waals surface area contributed by atoms with Gasteiger partial charge >= 0.3 is 6.09 Å². The Morgan fingerprint density at radius 1 is 1.42 bits per heavy atom. The van der Waals surface area contributed by atoms with Crippen molar-refractivity contribution in [3.63, 3.8) is 0 Å². The summed E-state index contributed by atoms with van der Waals surface area (Å²) in [5.74, 6) is 0. The van der Waals surface area contributed by atoms with Crippen molar-refractivity contribution in [2.24, 2.45) is 5.41 Å². The second-order valence-corrected chi connectivity index (χ2v) is 6.73. The molecule has 110 valence electrons. The maximum Gasteiger partial charge on any atom is 0.410 e. The Balaban J connectivity index is 1.98. The molecule has 2 aliphatic heterocycles. The average molecular weight is 270 g/mol. The number of rotatable bonds is 0. The predicted octanol–water partition coefficient (Wildman–Crippen LogP) is 1.62. The van der Waals surface area contributed by atoms with Crippen LogP contribution >= 0.6 is 0 Å². The molecule has 1 spiro atoms. The molecule has 0 bridgehead atoms. The van der Waals surface area contributed by atoms with Crippen molar-refractivity contribution >= 4 is 6.09 Å². The van der Waals surface area contributed by atoms with E-state index in [1.807, 2.05) is 25.7 Å². The van der Waals surface area contributed by atoms with Gasteiger partial charge in [-0.15, -0.1) is 0 Å². The van der Waals surface area contributed by atoms with Gasteiger partial charge in [0.15, 0.2) is 0 Å². The van der Waals surface area contributed by atoms with Crippen molar-refractivity contribution in [3.8, 4) is 0 Å². The van der Waals surface area contributed by atoms with Crippen LogP contribution in [-0.2, 0) is 9.47 Å². The minimum Gasteiger partial charge on any atom is -0.444 e. The highest BCUT2D eigenvalue weighted by Crippen LogP contribution is 2.31. The van der Waals surface area contributed by atoms with E-state index in [0.29, 0.717) is 0 Å². The van der Waals surface area contributed by atoms with Gasteiger partial charge in [0.2, 0.25) is 0 Å². The maximum atomic E-state index is 12.2. The number of nitrogens with zero attached hydrogens (tertiary/aromatic N) is 1. The Kier molecular flexibility index (Phi) is 4.36. The second kappa shape index (κ2) is 5.67. The number of nitrogens with one attached hydrogen (secondary N) is 1. The second-order valence-electron chi connectivity index (χ2n) is 6.73. The minimum absolute atomic E-state index is 0.0612. The van der Waals surface area contributed by atoms with Crippen LogP contribution in [0, 0.1) is 5.41 Å². The van der Waals surface area contributed by atoms with Gasteiger partial charge < -0.3 is 19.7 Å². The number of hydrogen-bond acceptors (Lipinski definition) is 4. The topological polar surface area (TPSA) is 50.8 Å². The summed E-state index contributed by atoms with van der Waals surface area (Å²) in [7, 11) is 0. The summed E-state index contributed by atoms with van der Waals surface area (Å²) in [5.41, 5.74) is -0.369. The lowest BCUT2D eigenvalue weighted by atomic mass is 9.80. The summed E-state index contributed by atoms with van der Waals surface area (Å²) in [5, 5.41) is 3.41. The first kappa shape index (κ1) is 14.6. The molecule has 0 aromatic rings. The molecule has 2 heterocycles. The fourth-order valence-electron chi connectivity index (χ4n) is 2.79. The van der Waals surface area contributed by atoms with Gasteiger partial charge in [0, 0.05) is 31.6 Å². The minimum atomic E-state index is -0.431. The van der Waals surface area contributed by atoms with Gasteiger partial charge in [-0.1, -0.05) is 0 Å². The van der Waals surface area contributed by atoms with Crippen molar-refractivity contribution in [1.29, 1.82) is 0 Å². The quantitative estimate of drug-likeness (QED) is 0.727. The van der Waals surface area contributed by atoms with Crippen LogP contribution in [0.4, 0.5) is 4.79 Å². The highest BCUT2D eigenvalue weighted by molar-refractivity contribution is 5.68. The van der Waals surface area contributed by atoms with Crippen LogP contribution in [0.3, 0.4) is 0 Å². The van der Waals surface area contributed by atoms with E-state index in [4.69, 9.17) is 9.47 Å². The zero-order chi connectivity index (χ0) is 13.9. The molecule has 0 radical (unpaired) electrons. The van der Waals surface area contributed by atoms with Crippen molar-refractivity contribution in [3.05, 3.63) is 0 Å². The molecule has 0 saturated carbocycles. The fourth-order valence-corrected chi connectivity index (χ4v) is 2.79. The number of amides is 1. The number of likely N-dealkylation sites (tertiary alicyclic amines) is 1. The third-order valence-corrected chi connectivity index (χ3v) is 3.64. The van der Waals surface area contributed by atoms with E-state index >= 15 is 0 Å². The zero-order valence-corrected chi connectivity index (χ0v) is 12.3. The number of piperidine rings is 1. The maximum absolute atomic E-state index is 12.2. The van der Waals surface area contributed by atoms with Crippen LogP contribution in [0.1, 0.15) is 33.6 Å². The summed E-state index contributed by atoms with van der Waals surface area (Å²) in [4.78, 5) is 14.0. The van der Waals surface area contributed by atoms with E-state index in [1.165, 1.54) is 0 Å². The number of carbonyl (C=O) groups is 1. The Labute approximate surface area is 115 Å². The first-order valence-electron chi connectivity index (χ1n) is 7.17. The van der Waals surface area contributed by atoms with Crippen molar-refractivity contribution < 1.29 is 14.3 Å². The molecule has 2 rings (SSSR count). The summed E-state index contributed by atoms with van der Waals surface area (Å²) in [6.45, 7) is 10.5. The van der Waals surface area contributed by atoms with Crippen molar-refractivity contribution in [2.45, 2.75) is 39.2 Å². The van der Waals surface area contributed by atoms with Crippen LogP contribution in [0.15, 0.2) is 0 Å². The zero-order valence-electron chi connectivity index (χ0n) is 12.3. The predicted molar refractivity (Wildman–Crippen MR) is 73.2 cm³/mol. The van der Waals surface area contributed by atoms with E-state index in [2.05, 4.69) is 5.32 Å². The standard InChI is InChI=1S/C14H26N2O3/c1-13(2,3)19-12(17)16-7-4-5-14(10-16)9-15-6-8-18-11-14/h15H,4-11H2,1-3H3. The molecule has 2 aliphatic rings. The van der Waals surface area contributed by atoms with E-state index in [0.717, 1.165) is 52.2 Å². The monoisotopic (exact) mass is 270 g/mol. The average Bonchev–Trinajstić information content (AvgIpc) is 2.53. The molecule has 0 aromatic carbocycles. The molecular weight excluding hydrogens is 244 g/mol. The lowest BCUT2D eigenvalue weighted by Crippen LogP contribution is -2.52. The number of ether oxygens (including phenoxy) is 2. The molecule has 1 amide bonds. The van der Waals surface area contributed by atoms with E-state index in [9.17, 15) is 4.79 Å². The smallest absolute Gasteiger partial charge is 0.410 e. The first-order chi connectivity index (χ1) is 8.90. The van der Waals surface area contributed by atoms with Gasteiger partial charge in [-0.3, -0.25) is 0 Å². The highest BCUT2D eigenvalue weighted by Gasteiger charge is 2.39. The van der Waals surface area contributed by atoms with Crippen molar-refractivity contribution in [2.75, 3.05) is 39.4 Å². The lowest BCUT2D eigenvalue weighted by molar-refractivity contribution is -0.0145. The Hall–Kier alpha value is -0.810. The van der Waals surface area contributed by atoms with E-state index in [-0.39, 0.29) is 11.5 Å². The lowest BCUT2D eigenvalue weighted by Gasteiger charge is -2.42. The van der Waals surface area contributed by atoms with E-state index in [1.54, 1.807) is 0 Å². The molecule has 0 aliphatic carbocycles. The van der Waals surface area contributed by atoms with Crippen LogP contribution in [0.25, 0.3) is 0 Å². The fraction of sp³-hybridized carbons (Fsp3) is 0.929. The van der Waals surface area contributed by atoms with Crippen molar-refractivity contribution in [1.82, 2.24) is 10.2 Å².